The number of aliphatic carboxylic acids is 1. The van der Waals surface area contributed by atoms with Crippen molar-refractivity contribution in [2.45, 2.75) is 26.2 Å². The number of carbonyl (C=O) groups is 2. The van der Waals surface area contributed by atoms with Crippen molar-refractivity contribution < 1.29 is 14.7 Å². The van der Waals surface area contributed by atoms with Crippen LogP contribution in [0.4, 0.5) is 0 Å². The molecule has 0 bridgehead atoms. The topological polar surface area (TPSA) is 57.6 Å². The van der Waals surface area contributed by atoms with Crippen molar-refractivity contribution in [3.8, 4) is 0 Å². The molecule has 84 valence electrons. The van der Waals surface area contributed by atoms with E-state index >= 15 is 0 Å². The minimum atomic E-state index is -0.765. The van der Waals surface area contributed by atoms with Gasteiger partial charge in [-0.25, -0.2) is 0 Å². The summed E-state index contributed by atoms with van der Waals surface area (Å²) in [6.45, 7) is 6.33. The molecular formula is C11H17NO3. The van der Waals surface area contributed by atoms with Crippen molar-refractivity contribution in [1.82, 2.24) is 4.90 Å². The highest BCUT2D eigenvalue weighted by Crippen LogP contribution is 2.31. The van der Waals surface area contributed by atoms with Gasteiger partial charge in [-0.15, -0.1) is 6.58 Å². The van der Waals surface area contributed by atoms with Crippen molar-refractivity contribution >= 4 is 11.9 Å². The van der Waals surface area contributed by atoms with Crippen LogP contribution in [0.2, 0.25) is 0 Å². The Morgan fingerprint density at radius 3 is 2.40 bits per heavy atom. The second-order valence-corrected chi connectivity index (χ2v) is 4.24. The first-order valence-electron chi connectivity index (χ1n) is 5.12. The number of carboxylic acid groups (broad SMARTS) is 1. The summed E-state index contributed by atoms with van der Waals surface area (Å²) in [6, 6.07) is 0. The number of rotatable bonds is 3. The number of likely N-dealkylation sites (tertiary alicyclic amines) is 1. The van der Waals surface area contributed by atoms with Crippen LogP contribution in [0.25, 0.3) is 0 Å². The molecular weight excluding hydrogens is 194 g/mol. The molecule has 1 saturated heterocycles. The molecule has 1 fully saturated rings. The summed E-state index contributed by atoms with van der Waals surface area (Å²) in [4.78, 5) is 24.2. The molecule has 1 aliphatic rings. The van der Waals surface area contributed by atoms with Gasteiger partial charge < -0.3 is 10.0 Å². The van der Waals surface area contributed by atoms with E-state index < -0.39 is 11.4 Å². The molecule has 0 atom stereocenters. The predicted octanol–water partition coefficient (Wildman–Crippen LogP) is 1.28. The van der Waals surface area contributed by atoms with Crippen LogP contribution < -0.4 is 0 Å². The van der Waals surface area contributed by atoms with Crippen LogP contribution in [-0.4, -0.2) is 35.0 Å². The Balaban J connectivity index is 2.52. The average Bonchev–Trinajstić information content (AvgIpc) is 2.19. The smallest absolute Gasteiger partial charge is 0.309 e. The lowest BCUT2D eigenvalue weighted by molar-refractivity contribution is -0.152. The minimum absolute atomic E-state index is 0.0393. The van der Waals surface area contributed by atoms with Crippen LogP contribution >= 0.6 is 0 Å². The van der Waals surface area contributed by atoms with Crippen molar-refractivity contribution in [1.29, 1.82) is 0 Å². The fraction of sp³-hybridized carbons (Fsp3) is 0.636. The number of piperidine rings is 1. The number of amides is 1. The molecule has 0 radical (unpaired) electrons. The van der Waals surface area contributed by atoms with Gasteiger partial charge in [-0.05, 0) is 19.8 Å². The Labute approximate surface area is 89.6 Å². The van der Waals surface area contributed by atoms with Gasteiger partial charge in [-0.3, -0.25) is 9.59 Å². The number of hydrogen-bond acceptors (Lipinski definition) is 2. The molecule has 1 N–H and O–H groups in total. The van der Waals surface area contributed by atoms with Crippen LogP contribution in [-0.2, 0) is 9.59 Å². The molecule has 0 aromatic rings. The summed E-state index contributed by atoms with van der Waals surface area (Å²) in [5, 5.41) is 9.01. The average molecular weight is 211 g/mol. The summed E-state index contributed by atoms with van der Waals surface area (Å²) in [5.74, 6) is -0.726. The summed E-state index contributed by atoms with van der Waals surface area (Å²) in [5.41, 5.74) is -0.662. The van der Waals surface area contributed by atoms with E-state index in [1.165, 1.54) is 0 Å². The molecule has 1 rings (SSSR count). The maximum absolute atomic E-state index is 11.5. The summed E-state index contributed by atoms with van der Waals surface area (Å²) in [7, 11) is 0. The van der Waals surface area contributed by atoms with Crippen LogP contribution in [0.1, 0.15) is 26.2 Å². The van der Waals surface area contributed by atoms with E-state index in [0.29, 0.717) is 32.4 Å². The van der Waals surface area contributed by atoms with E-state index in [1.54, 1.807) is 17.9 Å². The van der Waals surface area contributed by atoms with Crippen molar-refractivity contribution in [2.75, 3.05) is 13.1 Å². The summed E-state index contributed by atoms with van der Waals surface area (Å²) < 4.78 is 0. The third-order valence-corrected chi connectivity index (χ3v) is 3.05. The highest BCUT2D eigenvalue weighted by Gasteiger charge is 2.37. The molecule has 15 heavy (non-hydrogen) atoms. The highest BCUT2D eigenvalue weighted by atomic mass is 16.4. The molecule has 1 aliphatic heterocycles. The number of carboxylic acids is 1. The van der Waals surface area contributed by atoms with E-state index in [4.69, 9.17) is 5.11 Å². The molecule has 1 heterocycles. The molecule has 4 heteroatoms. The predicted molar refractivity (Wildman–Crippen MR) is 56.4 cm³/mol. The zero-order chi connectivity index (χ0) is 11.5. The quantitative estimate of drug-likeness (QED) is 0.715. The fourth-order valence-electron chi connectivity index (χ4n) is 1.72. The SMILES string of the molecule is C=CCC(=O)N1CCC(C)(C(=O)O)CC1. The Hall–Kier alpha value is -1.32. The lowest BCUT2D eigenvalue weighted by Gasteiger charge is -2.36. The lowest BCUT2D eigenvalue weighted by Crippen LogP contribution is -2.45. The second kappa shape index (κ2) is 4.47. The van der Waals surface area contributed by atoms with Crippen LogP contribution in [0.3, 0.4) is 0 Å². The monoisotopic (exact) mass is 211 g/mol. The third kappa shape index (κ3) is 2.58. The Bertz CT molecular complexity index is 278. The standard InChI is InChI=1S/C11H17NO3/c1-3-4-9(13)12-7-5-11(2,6-8-12)10(14)15/h3H,1,4-8H2,2H3,(H,14,15). The van der Waals surface area contributed by atoms with Gasteiger partial charge in [-0.2, -0.15) is 0 Å². The van der Waals surface area contributed by atoms with Gasteiger partial charge in [-0.1, -0.05) is 6.08 Å². The van der Waals surface area contributed by atoms with Crippen molar-refractivity contribution in [3.05, 3.63) is 12.7 Å². The van der Waals surface area contributed by atoms with Crippen LogP contribution in [0.15, 0.2) is 12.7 Å². The first-order valence-corrected chi connectivity index (χ1v) is 5.12. The minimum Gasteiger partial charge on any atom is -0.481 e. The Kier molecular flexibility index (Phi) is 3.50. The van der Waals surface area contributed by atoms with Crippen LogP contribution in [0, 0.1) is 5.41 Å². The van der Waals surface area contributed by atoms with E-state index in [1.807, 2.05) is 0 Å². The maximum Gasteiger partial charge on any atom is 0.309 e. The first-order chi connectivity index (χ1) is 6.99. The molecule has 0 aromatic heterocycles. The number of nitrogens with zero attached hydrogens (tertiary/aromatic N) is 1. The molecule has 0 aromatic carbocycles. The number of hydrogen-bond donors (Lipinski definition) is 1. The van der Waals surface area contributed by atoms with E-state index in [2.05, 4.69) is 6.58 Å². The molecule has 0 spiro atoms. The largest absolute Gasteiger partial charge is 0.481 e. The van der Waals surface area contributed by atoms with Gasteiger partial charge in [0, 0.05) is 19.5 Å². The molecule has 1 amide bonds. The normalized spacial score (nSPS) is 19.7. The molecule has 4 nitrogen and oxygen atoms in total. The Morgan fingerprint density at radius 1 is 1.47 bits per heavy atom. The van der Waals surface area contributed by atoms with E-state index in [-0.39, 0.29) is 5.91 Å². The Morgan fingerprint density at radius 2 is 2.00 bits per heavy atom. The maximum atomic E-state index is 11.5. The lowest BCUT2D eigenvalue weighted by atomic mass is 9.80. The van der Waals surface area contributed by atoms with Gasteiger partial charge in [0.1, 0.15) is 0 Å². The second-order valence-electron chi connectivity index (χ2n) is 4.24. The van der Waals surface area contributed by atoms with E-state index in [9.17, 15) is 9.59 Å². The highest BCUT2D eigenvalue weighted by molar-refractivity contribution is 5.79. The van der Waals surface area contributed by atoms with Crippen molar-refractivity contribution in [3.63, 3.8) is 0 Å². The fourth-order valence-corrected chi connectivity index (χ4v) is 1.72. The third-order valence-electron chi connectivity index (χ3n) is 3.05. The van der Waals surface area contributed by atoms with Gasteiger partial charge >= 0.3 is 5.97 Å². The van der Waals surface area contributed by atoms with Gasteiger partial charge in [0.25, 0.3) is 0 Å². The summed E-state index contributed by atoms with van der Waals surface area (Å²) in [6.07, 6.45) is 2.98. The molecule has 0 unspecified atom stereocenters. The van der Waals surface area contributed by atoms with Gasteiger partial charge in [0.2, 0.25) is 5.91 Å². The van der Waals surface area contributed by atoms with Gasteiger partial charge in [0.05, 0.1) is 5.41 Å². The van der Waals surface area contributed by atoms with Gasteiger partial charge in [0.15, 0.2) is 0 Å². The first kappa shape index (κ1) is 11.8. The zero-order valence-electron chi connectivity index (χ0n) is 9.03. The summed E-state index contributed by atoms with van der Waals surface area (Å²) >= 11 is 0. The zero-order valence-corrected chi connectivity index (χ0v) is 9.03. The van der Waals surface area contributed by atoms with Crippen LogP contribution in [0.5, 0.6) is 0 Å². The molecule has 0 aliphatic carbocycles. The van der Waals surface area contributed by atoms with Crippen molar-refractivity contribution in [2.24, 2.45) is 5.41 Å². The molecule has 0 saturated carbocycles. The number of carbonyl (C=O) groups excluding carboxylic acids is 1. The van der Waals surface area contributed by atoms with E-state index in [0.717, 1.165) is 0 Å².